The summed E-state index contributed by atoms with van der Waals surface area (Å²) in [4.78, 5) is 14.7. The molecule has 0 aromatic heterocycles. The van der Waals surface area contributed by atoms with Crippen LogP contribution in [-0.2, 0) is 11.2 Å². The summed E-state index contributed by atoms with van der Waals surface area (Å²) in [5.41, 5.74) is 7.49. The molecule has 0 unspecified atom stereocenters. The van der Waals surface area contributed by atoms with Crippen LogP contribution in [0.4, 0.5) is 14.9 Å². The number of rotatable bonds is 8. The van der Waals surface area contributed by atoms with Crippen LogP contribution in [-0.4, -0.2) is 49.0 Å². The van der Waals surface area contributed by atoms with E-state index < -0.39 is 11.7 Å². The number of allylic oxidation sites excluding steroid dienone is 1. The lowest BCUT2D eigenvalue weighted by atomic mass is 9.87. The molecular formula is C35H41FN2O3. The number of aryl methyl sites for hydroxylation is 1. The SMILES string of the molecule is CC(C)(C)OC(=O)Nc1ccc2c(c1)CCCC(c1ccccc1)=C2c1ccc(O[C@H]2CCN(CCCF)C2)cc1. The van der Waals surface area contributed by atoms with Gasteiger partial charge in [0, 0.05) is 25.3 Å². The molecule has 0 radical (unpaired) electrons. The first-order chi connectivity index (χ1) is 19.8. The van der Waals surface area contributed by atoms with E-state index in [4.69, 9.17) is 9.47 Å². The Morgan fingerprint density at radius 3 is 2.51 bits per heavy atom. The molecule has 6 heteroatoms. The van der Waals surface area contributed by atoms with Gasteiger partial charge in [0.2, 0.25) is 0 Å². The number of likely N-dealkylation sites (tertiary alicyclic amines) is 1. The number of hydrogen-bond acceptors (Lipinski definition) is 4. The number of nitrogens with zero attached hydrogens (tertiary/aromatic N) is 1. The topological polar surface area (TPSA) is 50.8 Å². The van der Waals surface area contributed by atoms with Crippen molar-refractivity contribution in [2.24, 2.45) is 0 Å². The Morgan fingerprint density at radius 2 is 1.78 bits per heavy atom. The third kappa shape index (κ3) is 7.56. The van der Waals surface area contributed by atoms with E-state index in [-0.39, 0.29) is 12.8 Å². The van der Waals surface area contributed by atoms with Gasteiger partial charge in [0.15, 0.2) is 0 Å². The molecule has 3 aromatic rings. The average Bonchev–Trinajstić information content (AvgIpc) is 3.30. The lowest BCUT2D eigenvalue weighted by Crippen LogP contribution is -2.27. The minimum atomic E-state index is -0.557. The number of carbonyl (C=O) groups is 1. The molecule has 3 aromatic carbocycles. The van der Waals surface area contributed by atoms with Crippen molar-refractivity contribution >= 4 is 22.9 Å². The van der Waals surface area contributed by atoms with Gasteiger partial charge in [0.1, 0.15) is 17.5 Å². The van der Waals surface area contributed by atoms with Crippen molar-refractivity contribution in [2.75, 3.05) is 31.6 Å². The molecule has 1 aliphatic heterocycles. The molecule has 216 valence electrons. The quantitative estimate of drug-likeness (QED) is 0.304. The van der Waals surface area contributed by atoms with Crippen molar-refractivity contribution in [3.63, 3.8) is 0 Å². The smallest absolute Gasteiger partial charge is 0.412 e. The highest BCUT2D eigenvalue weighted by molar-refractivity contribution is 6.00. The van der Waals surface area contributed by atoms with Gasteiger partial charge in [-0.05, 0) is 111 Å². The summed E-state index contributed by atoms with van der Waals surface area (Å²) in [5.74, 6) is 0.860. The van der Waals surface area contributed by atoms with Gasteiger partial charge in [-0.15, -0.1) is 0 Å². The summed E-state index contributed by atoms with van der Waals surface area (Å²) in [6.45, 7) is 7.91. The van der Waals surface area contributed by atoms with Crippen molar-refractivity contribution < 1.29 is 18.7 Å². The number of anilines is 1. The lowest BCUT2D eigenvalue weighted by molar-refractivity contribution is 0.0636. The molecule has 1 fully saturated rings. The van der Waals surface area contributed by atoms with Gasteiger partial charge < -0.3 is 9.47 Å². The van der Waals surface area contributed by atoms with Crippen LogP contribution in [0.1, 0.15) is 68.7 Å². The third-order valence-electron chi connectivity index (χ3n) is 7.60. The Morgan fingerprint density at radius 1 is 1.00 bits per heavy atom. The number of nitrogens with one attached hydrogen (secondary N) is 1. The first-order valence-corrected chi connectivity index (χ1v) is 14.8. The molecule has 0 bridgehead atoms. The second kappa shape index (κ2) is 12.9. The molecule has 1 aliphatic carbocycles. The molecular weight excluding hydrogens is 515 g/mol. The standard InChI is InChI=1S/C35H41FN2O3/c1-35(2,3)41-34(39)37-28-15-18-32-27(23-28)11-7-12-31(25-9-5-4-6-10-25)33(32)26-13-16-29(17-14-26)40-30-19-22-38(24-30)21-8-20-36/h4-6,9-10,13-18,23,30H,7-8,11-12,19-22,24H2,1-3H3,(H,37,39)/t30-/m0/s1. The minimum absolute atomic E-state index is 0.133. The Labute approximate surface area is 243 Å². The van der Waals surface area contributed by atoms with Crippen LogP contribution in [0.5, 0.6) is 5.75 Å². The minimum Gasteiger partial charge on any atom is -0.489 e. The summed E-state index contributed by atoms with van der Waals surface area (Å²) in [6, 6.07) is 25.2. The monoisotopic (exact) mass is 556 g/mol. The number of ether oxygens (including phenoxy) is 2. The lowest BCUT2D eigenvalue weighted by Gasteiger charge is -2.21. The first kappa shape index (κ1) is 28.9. The molecule has 5 rings (SSSR count). The number of carbonyl (C=O) groups excluding carboxylic acids is 1. The molecule has 41 heavy (non-hydrogen) atoms. The van der Waals surface area contributed by atoms with Crippen LogP contribution in [0.15, 0.2) is 72.8 Å². The predicted molar refractivity (Wildman–Crippen MR) is 164 cm³/mol. The molecule has 1 heterocycles. The van der Waals surface area contributed by atoms with Crippen LogP contribution >= 0.6 is 0 Å². The zero-order valence-corrected chi connectivity index (χ0v) is 24.4. The maximum atomic E-state index is 12.6. The van der Waals surface area contributed by atoms with Gasteiger partial charge in [-0.1, -0.05) is 48.5 Å². The van der Waals surface area contributed by atoms with Crippen molar-refractivity contribution in [2.45, 2.75) is 64.6 Å². The van der Waals surface area contributed by atoms with Crippen molar-refractivity contribution in [3.05, 3.63) is 95.1 Å². The first-order valence-electron chi connectivity index (χ1n) is 14.8. The molecule has 1 N–H and O–H groups in total. The number of halogens is 1. The van der Waals surface area contributed by atoms with Gasteiger partial charge in [-0.25, -0.2) is 4.79 Å². The molecule has 1 saturated heterocycles. The Balaban J connectivity index is 1.43. The second-order valence-corrected chi connectivity index (χ2v) is 12.0. The molecule has 1 amide bonds. The summed E-state index contributed by atoms with van der Waals surface area (Å²) >= 11 is 0. The van der Waals surface area contributed by atoms with Gasteiger partial charge in [0.25, 0.3) is 0 Å². The van der Waals surface area contributed by atoms with Crippen LogP contribution < -0.4 is 10.1 Å². The summed E-state index contributed by atoms with van der Waals surface area (Å²) in [5, 5.41) is 2.91. The predicted octanol–water partition coefficient (Wildman–Crippen LogP) is 8.14. The molecule has 0 spiro atoms. The molecule has 5 nitrogen and oxygen atoms in total. The molecule has 0 saturated carbocycles. The fourth-order valence-corrected chi connectivity index (χ4v) is 5.82. The maximum absolute atomic E-state index is 12.6. The van der Waals surface area contributed by atoms with Crippen LogP contribution in [0.25, 0.3) is 11.1 Å². The van der Waals surface area contributed by atoms with E-state index in [1.165, 1.54) is 27.8 Å². The van der Waals surface area contributed by atoms with E-state index >= 15 is 0 Å². The number of hydrogen-bond donors (Lipinski definition) is 1. The number of benzene rings is 3. The zero-order chi connectivity index (χ0) is 28.8. The summed E-state index contributed by atoms with van der Waals surface area (Å²) in [7, 11) is 0. The third-order valence-corrected chi connectivity index (χ3v) is 7.60. The average molecular weight is 557 g/mol. The number of amides is 1. The van der Waals surface area contributed by atoms with E-state index in [0.29, 0.717) is 6.42 Å². The van der Waals surface area contributed by atoms with E-state index in [0.717, 1.165) is 62.3 Å². The van der Waals surface area contributed by atoms with Crippen LogP contribution in [0.3, 0.4) is 0 Å². The van der Waals surface area contributed by atoms with Gasteiger partial charge in [0.05, 0.1) is 6.67 Å². The van der Waals surface area contributed by atoms with Gasteiger partial charge in [-0.2, -0.15) is 0 Å². The number of alkyl halides is 1. The zero-order valence-electron chi connectivity index (χ0n) is 24.4. The van der Waals surface area contributed by atoms with Gasteiger partial charge in [-0.3, -0.25) is 14.6 Å². The Hall–Kier alpha value is -3.64. The Kier molecular flexibility index (Phi) is 9.09. The maximum Gasteiger partial charge on any atom is 0.412 e. The van der Waals surface area contributed by atoms with Crippen molar-refractivity contribution in [1.29, 1.82) is 0 Å². The van der Waals surface area contributed by atoms with Crippen LogP contribution in [0.2, 0.25) is 0 Å². The summed E-state index contributed by atoms with van der Waals surface area (Å²) < 4.78 is 24.4. The molecule has 2 aliphatic rings. The van der Waals surface area contributed by atoms with E-state index in [2.05, 4.69) is 76.9 Å². The number of fused-ring (bicyclic) bond motifs is 1. The highest BCUT2D eigenvalue weighted by atomic mass is 19.1. The highest BCUT2D eigenvalue weighted by Crippen LogP contribution is 2.41. The second-order valence-electron chi connectivity index (χ2n) is 12.0. The Bertz CT molecular complexity index is 1360. The van der Waals surface area contributed by atoms with Crippen molar-refractivity contribution in [1.82, 2.24) is 4.90 Å². The largest absolute Gasteiger partial charge is 0.489 e. The normalized spacial score (nSPS) is 17.6. The van der Waals surface area contributed by atoms with Gasteiger partial charge >= 0.3 is 6.09 Å². The fourth-order valence-electron chi connectivity index (χ4n) is 5.82. The molecule has 1 atom stereocenters. The highest BCUT2D eigenvalue weighted by Gasteiger charge is 2.25. The van der Waals surface area contributed by atoms with E-state index in [1.54, 1.807) is 0 Å². The summed E-state index contributed by atoms with van der Waals surface area (Å²) in [6.07, 6.45) is 4.12. The fraction of sp³-hybridized carbons (Fsp3) is 0.400. The van der Waals surface area contributed by atoms with Crippen molar-refractivity contribution in [3.8, 4) is 5.75 Å². The van der Waals surface area contributed by atoms with Crippen LogP contribution in [0, 0.1) is 0 Å². The van der Waals surface area contributed by atoms with E-state index in [9.17, 15) is 9.18 Å². The van der Waals surface area contributed by atoms with E-state index in [1.807, 2.05) is 26.8 Å².